The summed E-state index contributed by atoms with van der Waals surface area (Å²) >= 11 is 0. The second-order valence-electron chi connectivity index (χ2n) is 8.65. The maximum atomic E-state index is 13.5. The van der Waals surface area contributed by atoms with Gasteiger partial charge in [-0.25, -0.2) is 18.7 Å². The lowest BCUT2D eigenvalue weighted by molar-refractivity contribution is -0.0970. The van der Waals surface area contributed by atoms with Gasteiger partial charge in [0.1, 0.15) is 23.7 Å². The van der Waals surface area contributed by atoms with Crippen molar-refractivity contribution in [1.29, 1.82) is 0 Å². The predicted molar refractivity (Wildman–Crippen MR) is 123 cm³/mol. The van der Waals surface area contributed by atoms with E-state index in [1.165, 1.54) is 6.20 Å². The van der Waals surface area contributed by atoms with Crippen LogP contribution in [0.15, 0.2) is 55.0 Å². The molecular formula is C24H23F2N7O2. The monoisotopic (exact) mass is 479 g/mol. The van der Waals surface area contributed by atoms with Crippen LogP contribution in [0.3, 0.4) is 0 Å². The fourth-order valence-corrected chi connectivity index (χ4v) is 3.81. The van der Waals surface area contributed by atoms with Crippen LogP contribution in [0, 0.1) is 6.92 Å². The lowest BCUT2D eigenvalue weighted by atomic mass is 10.1. The summed E-state index contributed by atoms with van der Waals surface area (Å²) in [7, 11) is 0. The van der Waals surface area contributed by atoms with E-state index in [-0.39, 0.29) is 5.69 Å². The summed E-state index contributed by atoms with van der Waals surface area (Å²) < 4.78 is 30.6. The Kier molecular flexibility index (Phi) is 5.64. The molecule has 1 amide bonds. The third-order valence-electron chi connectivity index (χ3n) is 5.78. The number of aliphatic hydroxyl groups is 1. The van der Waals surface area contributed by atoms with Crippen molar-refractivity contribution in [2.75, 3.05) is 5.32 Å². The highest BCUT2D eigenvalue weighted by atomic mass is 19.3. The number of carbonyl (C=O) groups excluding carboxylic acids is 1. The van der Waals surface area contributed by atoms with Crippen LogP contribution in [0.1, 0.15) is 53.8 Å². The summed E-state index contributed by atoms with van der Waals surface area (Å²) in [4.78, 5) is 21.5. The highest BCUT2D eigenvalue weighted by Crippen LogP contribution is 2.37. The van der Waals surface area contributed by atoms with Gasteiger partial charge >= 0.3 is 0 Å². The van der Waals surface area contributed by atoms with Gasteiger partial charge in [0.15, 0.2) is 11.9 Å². The van der Waals surface area contributed by atoms with Crippen LogP contribution in [-0.4, -0.2) is 46.2 Å². The summed E-state index contributed by atoms with van der Waals surface area (Å²) in [5.41, 5.74) is 1.34. The molecule has 3 aromatic heterocycles. The maximum absolute atomic E-state index is 13.5. The number of anilines is 1. The number of halogens is 2. The quantitative estimate of drug-likeness (QED) is 0.413. The van der Waals surface area contributed by atoms with E-state index in [1.54, 1.807) is 54.2 Å². The number of imidazole rings is 1. The minimum Gasteiger partial charge on any atom is -0.380 e. The third-order valence-corrected chi connectivity index (χ3v) is 5.78. The van der Waals surface area contributed by atoms with E-state index in [9.17, 15) is 18.7 Å². The van der Waals surface area contributed by atoms with Crippen LogP contribution >= 0.6 is 0 Å². The summed E-state index contributed by atoms with van der Waals surface area (Å²) in [6.45, 7) is 2.27. The zero-order valence-electron chi connectivity index (χ0n) is 19.1. The highest BCUT2D eigenvalue weighted by molar-refractivity contribution is 6.04. The first kappa shape index (κ1) is 22.8. The van der Waals surface area contributed by atoms with Gasteiger partial charge in [-0.05, 0) is 50.1 Å². The normalized spacial score (nSPS) is 14.7. The van der Waals surface area contributed by atoms with Gasteiger partial charge in [0.05, 0.1) is 5.69 Å². The molecule has 0 spiro atoms. The van der Waals surface area contributed by atoms with Gasteiger partial charge in [0, 0.05) is 30.4 Å². The molecular weight excluding hydrogens is 456 g/mol. The number of alkyl halides is 2. The number of nitrogens with zero attached hydrogens (tertiary/aromatic N) is 6. The summed E-state index contributed by atoms with van der Waals surface area (Å²) in [6.07, 6.45) is 3.16. The lowest BCUT2D eigenvalue weighted by Gasteiger charge is -2.15. The molecule has 1 saturated carbocycles. The van der Waals surface area contributed by atoms with Gasteiger partial charge in [-0.15, -0.1) is 10.2 Å². The van der Waals surface area contributed by atoms with Crippen molar-refractivity contribution in [3.63, 3.8) is 0 Å². The number of hydrogen-bond donors (Lipinski definition) is 2. The molecule has 1 aliphatic rings. The van der Waals surface area contributed by atoms with E-state index in [0.717, 1.165) is 12.8 Å². The molecule has 11 heteroatoms. The minimum absolute atomic E-state index is 0.148. The summed E-state index contributed by atoms with van der Waals surface area (Å²) in [5.74, 6) is -2.32. The topological polar surface area (TPSA) is 111 Å². The number of carbonyl (C=O) groups is 1. The Hall–Kier alpha value is -3.99. The smallest absolute Gasteiger partial charge is 0.276 e. The van der Waals surface area contributed by atoms with Gasteiger partial charge < -0.3 is 19.6 Å². The fourth-order valence-electron chi connectivity index (χ4n) is 3.81. The second-order valence-corrected chi connectivity index (χ2v) is 8.65. The Balaban J connectivity index is 1.37. The minimum atomic E-state index is -3.33. The van der Waals surface area contributed by atoms with Crippen molar-refractivity contribution in [3.8, 4) is 17.2 Å². The van der Waals surface area contributed by atoms with Crippen molar-refractivity contribution >= 4 is 11.7 Å². The number of hydrogen-bond acceptors (Lipinski definition) is 6. The number of aromatic nitrogens is 6. The average molecular weight is 479 g/mol. The Bertz CT molecular complexity index is 1390. The zero-order chi connectivity index (χ0) is 24.7. The predicted octanol–water partition coefficient (Wildman–Crippen LogP) is 4.11. The number of amides is 1. The van der Waals surface area contributed by atoms with Crippen molar-refractivity contribution in [2.45, 2.75) is 44.8 Å². The average Bonchev–Trinajstić information content (AvgIpc) is 3.42. The molecule has 1 fully saturated rings. The Morgan fingerprint density at radius 2 is 1.97 bits per heavy atom. The zero-order valence-corrected chi connectivity index (χ0v) is 19.1. The standard InChI is InChI=1S/C24H23F2N7O2/c1-14-28-19(21(34)24(2,25)26)12-32(14)17-6-3-5-15(11-17)23(35)30-20-8-4-7-18(29-20)22-31-27-13-33(22)16-9-10-16/h3-8,11-13,16,21,34H,9-10H2,1-2H3,(H,29,30,35). The first-order valence-corrected chi connectivity index (χ1v) is 11.1. The molecule has 4 aromatic rings. The van der Waals surface area contributed by atoms with E-state index >= 15 is 0 Å². The number of benzene rings is 1. The van der Waals surface area contributed by atoms with Crippen LogP contribution < -0.4 is 5.32 Å². The van der Waals surface area contributed by atoms with Gasteiger partial charge in [0.25, 0.3) is 11.8 Å². The SMILES string of the molecule is Cc1nc(C(O)C(C)(F)F)cn1-c1cccc(C(=O)Nc2cccc(-c3nncn3C3CC3)n2)c1. The van der Waals surface area contributed by atoms with E-state index in [2.05, 4.69) is 25.5 Å². The first-order valence-electron chi connectivity index (χ1n) is 11.1. The molecule has 2 N–H and O–H groups in total. The number of aryl methyl sites for hydroxylation is 1. The van der Waals surface area contributed by atoms with Crippen LogP contribution in [0.5, 0.6) is 0 Å². The number of nitrogens with one attached hydrogen (secondary N) is 1. The Morgan fingerprint density at radius 1 is 1.20 bits per heavy atom. The van der Waals surface area contributed by atoms with E-state index in [0.29, 0.717) is 47.4 Å². The van der Waals surface area contributed by atoms with Gasteiger partial charge in [0.2, 0.25) is 0 Å². The van der Waals surface area contributed by atoms with Gasteiger partial charge in [-0.1, -0.05) is 12.1 Å². The summed E-state index contributed by atoms with van der Waals surface area (Å²) in [5, 5.41) is 20.8. The number of aliphatic hydroxyl groups excluding tert-OH is 1. The molecule has 9 nitrogen and oxygen atoms in total. The van der Waals surface area contributed by atoms with Gasteiger partial charge in [-0.2, -0.15) is 0 Å². The molecule has 1 atom stereocenters. The van der Waals surface area contributed by atoms with E-state index in [1.807, 2.05) is 10.6 Å². The van der Waals surface area contributed by atoms with Crippen LogP contribution in [0.4, 0.5) is 14.6 Å². The number of rotatable bonds is 7. The van der Waals surface area contributed by atoms with E-state index in [4.69, 9.17) is 0 Å². The van der Waals surface area contributed by atoms with E-state index < -0.39 is 17.9 Å². The molecule has 1 unspecified atom stereocenters. The van der Waals surface area contributed by atoms with Crippen molar-refractivity contribution in [1.82, 2.24) is 29.3 Å². The molecule has 1 aromatic carbocycles. The Morgan fingerprint density at radius 3 is 2.71 bits per heavy atom. The number of pyridine rings is 1. The Labute approximate surface area is 199 Å². The molecule has 0 bridgehead atoms. The summed E-state index contributed by atoms with van der Waals surface area (Å²) in [6, 6.07) is 12.3. The molecule has 0 radical (unpaired) electrons. The molecule has 0 saturated heterocycles. The third kappa shape index (κ3) is 4.67. The highest BCUT2D eigenvalue weighted by Gasteiger charge is 2.35. The van der Waals surface area contributed by atoms with Crippen LogP contribution in [0.25, 0.3) is 17.2 Å². The fraction of sp³-hybridized carbons (Fsp3) is 0.292. The van der Waals surface area contributed by atoms with Gasteiger partial charge in [-0.3, -0.25) is 4.79 Å². The molecule has 1 aliphatic carbocycles. The molecule has 5 rings (SSSR count). The lowest BCUT2D eigenvalue weighted by Crippen LogP contribution is -2.22. The molecule has 0 aliphatic heterocycles. The van der Waals surface area contributed by atoms with Crippen molar-refractivity contribution in [3.05, 3.63) is 72.1 Å². The van der Waals surface area contributed by atoms with Crippen LogP contribution in [0.2, 0.25) is 0 Å². The maximum Gasteiger partial charge on any atom is 0.276 e. The van der Waals surface area contributed by atoms with Crippen LogP contribution in [-0.2, 0) is 0 Å². The molecule has 35 heavy (non-hydrogen) atoms. The van der Waals surface area contributed by atoms with Crippen molar-refractivity contribution in [2.24, 2.45) is 0 Å². The largest absolute Gasteiger partial charge is 0.380 e. The first-order chi connectivity index (χ1) is 16.7. The van der Waals surface area contributed by atoms with Crippen molar-refractivity contribution < 1.29 is 18.7 Å². The molecule has 180 valence electrons. The molecule has 3 heterocycles. The second kappa shape index (κ2) is 8.66.